The van der Waals surface area contributed by atoms with E-state index in [9.17, 15) is 4.79 Å². The molecule has 5 nitrogen and oxygen atoms in total. The molecule has 0 atom stereocenters. The number of benzene rings is 1. The molecule has 6 heteroatoms. The minimum absolute atomic E-state index is 0.224. The molecular formula is C13H13IN2O3. The first-order valence-corrected chi connectivity index (χ1v) is 6.93. The van der Waals surface area contributed by atoms with Crippen molar-refractivity contribution in [3.63, 3.8) is 0 Å². The fraction of sp³-hybridized carbons (Fsp3) is 0.231. The lowest BCUT2D eigenvalue weighted by Crippen LogP contribution is -2.11. The number of ether oxygens (including phenoxy) is 2. The van der Waals surface area contributed by atoms with Gasteiger partial charge in [-0.3, -0.25) is 4.79 Å². The number of halogens is 1. The van der Waals surface area contributed by atoms with Gasteiger partial charge in [0, 0.05) is 0 Å². The minimum Gasteiger partial charge on any atom is -0.490 e. The van der Waals surface area contributed by atoms with Crippen molar-refractivity contribution in [3.05, 3.63) is 44.5 Å². The zero-order chi connectivity index (χ0) is 13.7. The molecule has 100 valence electrons. The molecular weight excluding hydrogens is 359 g/mol. The summed E-state index contributed by atoms with van der Waals surface area (Å²) in [5.74, 6) is 1.46. The number of para-hydroxylation sites is 2. The van der Waals surface area contributed by atoms with E-state index >= 15 is 0 Å². The van der Waals surface area contributed by atoms with Gasteiger partial charge in [-0.2, -0.15) is 0 Å². The Kier molecular flexibility index (Phi) is 4.78. The highest BCUT2D eigenvalue weighted by Gasteiger charge is 2.11. The number of rotatable bonds is 5. The Morgan fingerprint density at radius 3 is 2.79 bits per heavy atom. The molecule has 0 aliphatic heterocycles. The Morgan fingerprint density at radius 1 is 1.32 bits per heavy atom. The number of hydrogen-bond acceptors (Lipinski definition) is 4. The van der Waals surface area contributed by atoms with Crippen LogP contribution in [0, 0.1) is 3.57 Å². The Hall–Kier alpha value is -1.57. The van der Waals surface area contributed by atoms with Crippen LogP contribution in [0.15, 0.2) is 35.4 Å². The van der Waals surface area contributed by atoms with Crippen LogP contribution in [-0.2, 0) is 0 Å². The molecule has 1 aromatic carbocycles. The molecule has 0 radical (unpaired) electrons. The fourth-order valence-electron chi connectivity index (χ4n) is 1.41. The highest BCUT2D eigenvalue weighted by Crippen LogP contribution is 2.31. The first kappa shape index (κ1) is 13.9. The molecule has 0 aliphatic rings. The van der Waals surface area contributed by atoms with E-state index in [0.717, 1.165) is 6.42 Å². The summed E-state index contributed by atoms with van der Waals surface area (Å²) >= 11 is 1.90. The van der Waals surface area contributed by atoms with Crippen molar-refractivity contribution in [1.82, 2.24) is 9.97 Å². The van der Waals surface area contributed by atoms with Gasteiger partial charge in [0.1, 0.15) is 3.57 Å². The second-order valence-electron chi connectivity index (χ2n) is 3.75. The molecule has 0 spiro atoms. The van der Waals surface area contributed by atoms with Gasteiger partial charge in [0.05, 0.1) is 12.9 Å². The summed E-state index contributed by atoms with van der Waals surface area (Å²) in [6, 6.07) is 7.32. The van der Waals surface area contributed by atoms with Crippen molar-refractivity contribution in [1.29, 1.82) is 0 Å². The predicted molar refractivity (Wildman–Crippen MR) is 79.9 cm³/mol. The maximum atomic E-state index is 11.5. The quantitative estimate of drug-likeness (QED) is 0.820. The molecule has 2 aromatic rings. The molecule has 0 saturated carbocycles. The summed E-state index contributed by atoms with van der Waals surface area (Å²) in [5.41, 5.74) is -0.224. The zero-order valence-corrected chi connectivity index (χ0v) is 12.5. The van der Waals surface area contributed by atoms with Crippen LogP contribution in [-0.4, -0.2) is 16.6 Å². The average molecular weight is 372 g/mol. The second kappa shape index (κ2) is 6.55. The van der Waals surface area contributed by atoms with Crippen LogP contribution in [0.5, 0.6) is 17.4 Å². The van der Waals surface area contributed by atoms with Gasteiger partial charge >= 0.3 is 0 Å². The first-order valence-electron chi connectivity index (χ1n) is 5.85. The van der Waals surface area contributed by atoms with Crippen molar-refractivity contribution in [2.45, 2.75) is 13.3 Å². The van der Waals surface area contributed by atoms with E-state index in [-0.39, 0.29) is 11.4 Å². The maximum Gasteiger partial charge on any atom is 0.268 e. The van der Waals surface area contributed by atoms with E-state index in [1.807, 2.05) is 47.7 Å². The highest BCUT2D eigenvalue weighted by molar-refractivity contribution is 14.1. The summed E-state index contributed by atoms with van der Waals surface area (Å²) in [5, 5.41) is 0. The van der Waals surface area contributed by atoms with Crippen molar-refractivity contribution in [2.24, 2.45) is 0 Å². The molecule has 0 amide bonds. The number of H-pyrrole nitrogens is 1. The summed E-state index contributed by atoms with van der Waals surface area (Å²) in [4.78, 5) is 18.0. The van der Waals surface area contributed by atoms with Crippen LogP contribution in [0.25, 0.3) is 0 Å². The van der Waals surface area contributed by atoms with Crippen molar-refractivity contribution >= 4 is 22.6 Å². The first-order chi connectivity index (χ1) is 9.22. The third-order valence-corrected chi connectivity index (χ3v) is 3.23. The van der Waals surface area contributed by atoms with E-state index < -0.39 is 0 Å². The molecule has 0 unspecified atom stereocenters. The van der Waals surface area contributed by atoms with Gasteiger partial charge in [0.15, 0.2) is 11.5 Å². The lowest BCUT2D eigenvalue weighted by Gasteiger charge is -2.11. The Bertz CT molecular complexity index is 613. The SMILES string of the molecule is CCCOc1ccccc1Oc1nc[nH]c(=O)c1I. The molecule has 19 heavy (non-hydrogen) atoms. The van der Waals surface area contributed by atoms with E-state index in [2.05, 4.69) is 9.97 Å². The van der Waals surface area contributed by atoms with Crippen molar-refractivity contribution < 1.29 is 9.47 Å². The molecule has 0 bridgehead atoms. The van der Waals surface area contributed by atoms with E-state index in [1.54, 1.807) is 6.07 Å². The standard InChI is InChI=1S/C13H13IN2O3/c1-2-7-18-9-5-3-4-6-10(9)19-13-11(14)12(17)15-8-16-13/h3-6,8H,2,7H2,1H3,(H,15,16,17). The Balaban J connectivity index is 2.28. The lowest BCUT2D eigenvalue weighted by atomic mass is 10.3. The lowest BCUT2D eigenvalue weighted by molar-refractivity contribution is 0.300. The van der Waals surface area contributed by atoms with Crippen LogP contribution < -0.4 is 15.0 Å². The van der Waals surface area contributed by atoms with Crippen LogP contribution >= 0.6 is 22.6 Å². The van der Waals surface area contributed by atoms with Gasteiger partial charge in [-0.25, -0.2) is 4.98 Å². The minimum atomic E-state index is -0.224. The highest BCUT2D eigenvalue weighted by atomic mass is 127. The molecule has 1 aromatic heterocycles. The molecule has 0 aliphatic carbocycles. The zero-order valence-electron chi connectivity index (χ0n) is 10.4. The summed E-state index contributed by atoms with van der Waals surface area (Å²) in [6.45, 7) is 2.64. The van der Waals surface area contributed by atoms with Gasteiger partial charge in [0.25, 0.3) is 5.56 Å². The van der Waals surface area contributed by atoms with Crippen molar-refractivity contribution in [3.8, 4) is 17.4 Å². The molecule has 2 rings (SSSR count). The Morgan fingerprint density at radius 2 is 2.05 bits per heavy atom. The smallest absolute Gasteiger partial charge is 0.268 e. The number of nitrogens with one attached hydrogen (secondary N) is 1. The van der Waals surface area contributed by atoms with Gasteiger partial charge in [-0.1, -0.05) is 19.1 Å². The molecule has 1 N–H and O–H groups in total. The number of aromatic amines is 1. The monoisotopic (exact) mass is 372 g/mol. The van der Waals surface area contributed by atoms with Crippen molar-refractivity contribution in [2.75, 3.05) is 6.61 Å². The Labute approximate surface area is 124 Å². The predicted octanol–water partition coefficient (Wildman–Crippen LogP) is 2.96. The van der Waals surface area contributed by atoms with Gasteiger partial charge < -0.3 is 14.5 Å². The molecule has 0 fully saturated rings. The van der Waals surface area contributed by atoms with Gasteiger partial charge in [0.2, 0.25) is 5.88 Å². The van der Waals surface area contributed by atoms with Gasteiger partial charge in [-0.05, 0) is 41.1 Å². The van der Waals surface area contributed by atoms with Crippen LogP contribution in [0.3, 0.4) is 0 Å². The third-order valence-electron chi connectivity index (χ3n) is 2.28. The fourth-order valence-corrected chi connectivity index (χ4v) is 1.81. The van der Waals surface area contributed by atoms with E-state index in [4.69, 9.17) is 9.47 Å². The van der Waals surface area contributed by atoms with Gasteiger partial charge in [-0.15, -0.1) is 0 Å². The number of hydrogen-bond donors (Lipinski definition) is 1. The molecule has 1 heterocycles. The van der Waals surface area contributed by atoms with E-state index in [0.29, 0.717) is 21.7 Å². The number of nitrogens with zero attached hydrogens (tertiary/aromatic N) is 1. The second-order valence-corrected chi connectivity index (χ2v) is 4.83. The average Bonchev–Trinajstić information content (AvgIpc) is 2.43. The summed E-state index contributed by atoms with van der Waals surface area (Å²) < 4.78 is 11.6. The van der Waals surface area contributed by atoms with E-state index in [1.165, 1.54) is 6.33 Å². The number of aromatic nitrogens is 2. The van der Waals surface area contributed by atoms with Crippen LogP contribution in [0.1, 0.15) is 13.3 Å². The summed E-state index contributed by atoms with van der Waals surface area (Å²) in [6.07, 6.45) is 2.23. The van der Waals surface area contributed by atoms with Crippen LogP contribution in [0.4, 0.5) is 0 Å². The topological polar surface area (TPSA) is 64.2 Å². The largest absolute Gasteiger partial charge is 0.490 e. The maximum absolute atomic E-state index is 11.5. The van der Waals surface area contributed by atoms with Crippen LogP contribution in [0.2, 0.25) is 0 Å². The molecule has 0 saturated heterocycles. The normalized spacial score (nSPS) is 10.2. The third kappa shape index (κ3) is 3.46. The summed E-state index contributed by atoms with van der Waals surface area (Å²) in [7, 11) is 0.